The minimum absolute atomic E-state index is 0.325. The molecule has 2 rings (SSSR count). The summed E-state index contributed by atoms with van der Waals surface area (Å²) in [5.41, 5.74) is 0. The van der Waals surface area contributed by atoms with Crippen LogP contribution < -0.4 is 5.32 Å². The maximum Gasteiger partial charge on any atom is 0.236 e. The molecule has 4 nitrogen and oxygen atoms in total. The summed E-state index contributed by atoms with van der Waals surface area (Å²) in [6.45, 7) is 9.03. The number of rotatable bonds is 4. The van der Waals surface area contributed by atoms with E-state index in [2.05, 4.69) is 24.1 Å². The SMILES string of the molecule is CCC1CN(CC(=O)N2CCC2)C(CC)CN1. The summed E-state index contributed by atoms with van der Waals surface area (Å²) in [5, 5.41) is 3.56. The minimum Gasteiger partial charge on any atom is -0.341 e. The van der Waals surface area contributed by atoms with Crippen molar-refractivity contribution in [2.75, 3.05) is 32.7 Å². The smallest absolute Gasteiger partial charge is 0.236 e. The molecule has 98 valence electrons. The van der Waals surface area contributed by atoms with Crippen LogP contribution in [0, 0.1) is 0 Å². The molecule has 1 amide bonds. The third-order valence-electron chi connectivity index (χ3n) is 4.12. The zero-order valence-electron chi connectivity index (χ0n) is 11.1. The average molecular weight is 239 g/mol. The zero-order chi connectivity index (χ0) is 12.3. The fourth-order valence-electron chi connectivity index (χ4n) is 2.64. The fourth-order valence-corrected chi connectivity index (χ4v) is 2.64. The first-order valence-corrected chi connectivity index (χ1v) is 6.99. The predicted molar refractivity (Wildman–Crippen MR) is 68.9 cm³/mol. The number of amides is 1. The van der Waals surface area contributed by atoms with Gasteiger partial charge in [0.15, 0.2) is 0 Å². The van der Waals surface area contributed by atoms with Gasteiger partial charge in [-0.05, 0) is 19.3 Å². The van der Waals surface area contributed by atoms with Gasteiger partial charge < -0.3 is 10.2 Å². The van der Waals surface area contributed by atoms with Gasteiger partial charge >= 0.3 is 0 Å². The van der Waals surface area contributed by atoms with Crippen LogP contribution in [0.2, 0.25) is 0 Å². The second kappa shape index (κ2) is 5.83. The summed E-state index contributed by atoms with van der Waals surface area (Å²) in [6.07, 6.45) is 3.45. The molecular weight excluding hydrogens is 214 g/mol. The Labute approximate surface area is 104 Å². The van der Waals surface area contributed by atoms with Crippen LogP contribution in [0.25, 0.3) is 0 Å². The van der Waals surface area contributed by atoms with Gasteiger partial charge in [0.2, 0.25) is 5.91 Å². The largest absolute Gasteiger partial charge is 0.341 e. The molecule has 2 aliphatic heterocycles. The molecule has 0 bridgehead atoms. The lowest BCUT2D eigenvalue weighted by Crippen LogP contribution is -2.59. The minimum atomic E-state index is 0.325. The van der Waals surface area contributed by atoms with Crippen molar-refractivity contribution < 1.29 is 4.79 Å². The molecule has 2 saturated heterocycles. The predicted octanol–water partition coefficient (Wildman–Crippen LogP) is 0.681. The Morgan fingerprint density at radius 3 is 2.59 bits per heavy atom. The fraction of sp³-hybridized carbons (Fsp3) is 0.923. The first-order valence-electron chi connectivity index (χ1n) is 6.99. The van der Waals surface area contributed by atoms with Crippen molar-refractivity contribution in [2.45, 2.75) is 45.2 Å². The van der Waals surface area contributed by atoms with Crippen molar-refractivity contribution in [3.8, 4) is 0 Å². The molecule has 0 aromatic carbocycles. The highest BCUT2D eigenvalue weighted by molar-refractivity contribution is 5.79. The van der Waals surface area contributed by atoms with Gasteiger partial charge in [-0.15, -0.1) is 0 Å². The van der Waals surface area contributed by atoms with E-state index in [1.807, 2.05) is 4.90 Å². The zero-order valence-corrected chi connectivity index (χ0v) is 11.1. The average Bonchev–Trinajstić information content (AvgIpc) is 2.26. The van der Waals surface area contributed by atoms with E-state index in [-0.39, 0.29) is 0 Å². The Balaban J connectivity index is 1.87. The number of likely N-dealkylation sites (tertiary alicyclic amines) is 1. The highest BCUT2D eigenvalue weighted by Gasteiger charge is 2.29. The van der Waals surface area contributed by atoms with Crippen LogP contribution in [0.3, 0.4) is 0 Å². The number of nitrogens with zero attached hydrogens (tertiary/aromatic N) is 2. The van der Waals surface area contributed by atoms with Gasteiger partial charge in [0.1, 0.15) is 0 Å². The third-order valence-corrected chi connectivity index (χ3v) is 4.12. The molecule has 2 unspecified atom stereocenters. The van der Waals surface area contributed by atoms with Crippen molar-refractivity contribution >= 4 is 5.91 Å². The molecule has 0 aromatic rings. The van der Waals surface area contributed by atoms with Crippen LogP contribution in [0.5, 0.6) is 0 Å². The highest BCUT2D eigenvalue weighted by atomic mass is 16.2. The summed E-state index contributed by atoms with van der Waals surface area (Å²) >= 11 is 0. The summed E-state index contributed by atoms with van der Waals surface area (Å²) in [7, 11) is 0. The van der Waals surface area contributed by atoms with Gasteiger partial charge in [0.25, 0.3) is 0 Å². The van der Waals surface area contributed by atoms with Gasteiger partial charge in [0, 0.05) is 38.3 Å². The second-order valence-corrected chi connectivity index (χ2v) is 5.24. The monoisotopic (exact) mass is 239 g/mol. The maximum atomic E-state index is 12.0. The van der Waals surface area contributed by atoms with Gasteiger partial charge in [-0.3, -0.25) is 9.69 Å². The van der Waals surface area contributed by atoms with Crippen molar-refractivity contribution in [1.82, 2.24) is 15.1 Å². The van der Waals surface area contributed by atoms with Gasteiger partial charge in [0.05, 0.1) is 6.54 Å². The third kappa shape index (κ3) is 2.99. The first-order chi connectivity index (χ1) is 8.24. The van der Waals surface area contributed by atoms with E-state index >= 15 is 0 Å². The van der Waals surface area contributed by atoms with Crippen molar-refractivity contribution in [3.05, 3.63) is 0 Å². The van der Waals surface area contributed by atoms with E-state index in [1.165, 1.54) is 6.42 Å². The van der Waals surface area contributed by atoms with Crippen LogP contribution in [0.4, 0.5) is 0 Å². The van der Waals surface area contributed by atoms with Crippen LogP contribution in [-0.4, -0.2) is 60.5 Å². The molecule has 0 spiro atoms. The van der Waals surface area contributed by atoms with E-state index < -0.39 is 0 Å². The topological polar surface area (TPSA) is 35.6 Å². The molecule has 1 N–H and O–H groups in total. The van der Waals surface area contributed by atoms with Crippen LogP contribution in [0.15, 0.2) is 0 Å². The van der Waals surface area contributed by atoms with E-state index in [0.717, 1.165) is 39.0 Å². The molecule has 2 aliphatic rings. The molecule has 0 aliphatic carbocycles. The second-order valence-electron chi connectivity index (χ2n) is 5.24. The van der Waals surface area contributed by atoms with E-state index in [0.29, 0.717) is 24.5 Å². The number of piperazine rings is 1. The number of carbonyl (C=O) groups excluding carboxylic acids is 1. The standard InChI is InChI=1S/C13H25N3O/c1-3-11-9-16(12(4-2)8-14-11)10-13(17)15-6-5-7-15/h11-12,14H,3-10H2,1-2H3. The summed E-state index contributed by atoms with van der Waals surface area (Å²) in [4.78, 5) is 16.4. The number of hydrogen-bond donors (Lipinski definition) is 1. The Kier molecular flexibility index (Phi) is 4.40. The lowest BCUT2D eigenvalue weighted by molar-refractivity contribution is -0.136. The molecular formula is C13H25N3O. The lowest BCUT2D eigenvalue weighted by Gasteiger charge is -2.41. The summed E-state index contributed by atoms with van der Waals surface area (Å²) < 4.78 is 0. The first kappa shape index (κ1) is 12.8. The van der Waals surface area contributed by atoms with E-state index in [4.69, 9.17) is 0 Å². The molecule has 4 heteroatoms. The number of carbonyl (C=O) groups is 1. The van der Waals surface area contributed by atoms with Gasteiger partial charge in [-0.25, -0.2) is 0 Å². The summed E-state index contributed by atoms with van der Waals surface area (Å²) in [5.74, 6) is 0.325. The van der Waals surface area contributed by atoms with Crippen molar-refractivity contribution in [3.63, 3.8) is 0 Å². The van der Waals surface area contributed by atoms with Gasteiger partial charge in [-0.2, -0.15) is 0 Å². The van der Waals surface area contributed by atoms with Crippen molar-refractivity contribution in [2.24, 2.45) is 0 Å². The molecule has 0 saturated carbocycles. The molecule has 0 radical (unpaired) electrons. The highest BCUT2D eigenvalue weighted by Crippen LogP contribution is 2.14. The molecule has 2 heterocycles. The van der Waals surface area contributed by atoms with Crippen LogP contribution >= 0.6 is 0 Å². The molecule has 17 heavy (non-hydrogen) atoms. The van der Waals surface area contributed by atoms with Crippen LogP contribution in [0.1, 0.15) is 33.1 Å². The van der Waals surface area contributed by atoms with E-state index in [1.54, 1.807) is 0 Å². The Hall–Kier alpha value is -0.610. The normalized spacial score (nSPS) is 30.1. The van der Waals surface area contributed by atoms with Gasteiger partial charge in [-0.1, -0.05) is 13.8 Å². The number of nitrogens with one attached hydrogen (secondary N) is 1. The van der Waals surface area contributed by atoms with Crippen LogP contribution in [-0.2, 0) is 4.79 Å². The van der Waals surface area contributed by atoms with E-state index in [9.17, 15) is 4.79 Å². The molecule has 0 aromatic heterocycles. The Morgan fingerprint density at radius 1 is 1.29 bits per heavy atom. The lowest BCUT2D eigenvalue weighted by atomic mass is 10.0. The number of hydrogen-bond acceptors (Lipinski definition) is 3. The Bertz CT molecular complexity index is 265. The quantitative estimate of drug-likeness (QED) is 0.784. The van der Waals surface area contributed by atoms with Crippen molar-refractivity contribution in [1.29, 1.82) is 0 Å². The molecule has 2 fully saturated rings. The summed E-state index contributed by atoms with van der Waals surface area (Å²) in [6, 6.07) is 1.09. The maximum absolute atomic E-state index is 12.0. The Morgan fingerprint density at radius 2 is 2.06 bits per heavy atom. The molecule has 2 atom stereocenters.